The normalized spacial score (nSPS) is 11.7. The molecule has 188 valence electrons. The van der Waals surface area contributed by atoms with Crippen molar-refractivity contribution < 1.29 is 13.2 Å². The zero-order chi connectivity index (χ0) is 26.3. The molecule has 4 rings (SSSR count). The first-order valence-corrected chi connectivity index (χ1v) is 13.2. The van der Waals surface area contributed by atoms with Gasteiger partial charge in [0.25, 0.3) is 0 Å². The molecule has 0 aliphatic carbocycles. The lowest BCUT2D eigenvalue weighted by Crippen LogP contribution is -2.11. The van der Waals surface area contributed by atoms with E-state index in [1.165, 1.54) is 6.08 Å². The van der Waals surface area contributed by atoms with Crippen LogP contribution in [-0.2, 0) is 16.4 Å². The highest BCUT2D eigenvalue weighted by Gasteiger charge is 2.28. The molecule has 4 aromatic rings. The number of rotatable bonds is 8. The number of hydrogen-bond donors (Lipinski definition) is 1. The smallest absolute Gasteiger partial charge is 0.226 e. The van der Waals surface area contributed by atoms with Gasteiger partial charge >= 0.3 is 0 Å². The van der Waals surface area contributed by atoms with Gasteiger partial charge in [0.1, 0.15) is 17.9 Å². The lowest BCUT2D eigenvalue weighted by Gasteiger charge is -2.09. The predicted octanol–water partition coefficient (Wildman–Crippen LogP) is 6.25. The van der Waals surface area contributed by atoms with Crippen LogP contribution in [0.15, 0.2) is 107 Å². The van der Waals surface area contributed by atoms with Gasteiger partial charge < -0.3 is 10.5 Å². The second kappa shape index (κ2) is 12.0. The number of nitrogens with two attached hydrogens (primary N) is 1. The molecule has 6 nitrogen and oxygen atoms in total. The molecule has 3 aromatic carbocycles. The highest BCUT2D eigenvalue weighted by molar-refractivity contribution is 7.91. The van der Waals surface area contributed by atoms with E-state index in [1.807, 2.05) is 56.3 Å². The fraction of sp³-hybridized carbons (Fsp3) is 0.179. The molecule has 2 N–H and O–H groups in total. The molecule has 0 aliphatic rings. The third kappa shape index (κ3) is 5.87. The Morgan fingerprint density at radius 2 is 1.75 bits per heavy atom. The summed E-state index contributed by atoms with van der Waals surface area (Å²) in [4.78, 5) is 0.244. The molecule has 0 aliphatic heterocycles. The van der Waals surface area contributed by atoms with Crippen molar-refractivity contribution in [3.8, 4) is 5.75 Å². The first-order valence-electron chi connectivity index (χ1n) is 11.4. The Labute approximate surface area is 217 Å². The third-order valence-electron chi connectivity index (χ3n) is 5.48. The van der Waals surface area contributed by atoms with Crippen LogP contribution >= 0.6 is 11.6 Å². The van der Waals surface area contributed by atoms with E-state index < -0.39 is 9.84 Å². The van der Waals surface area contributed by atoms with E-state index in [4.69, 9.17) is 22.1 Å². The van der Waals surface area contributed by atoms with Crippen molar-refractivity contribution in [3.05, 3.63) is 96.6 Å². The van der Waals surface area contributed by atoms with Crippen molar-refractivity contribution in [3.63, 3.8) is 0 Å². The first-order chi connectivity index (χ1) is 17.2. The first kappa shape index (κ1) is 27.2. The van der Waals surface area contributed by atoms with Crippen LogP contribution in [-0.4, -0.2) is 31.3 Å². The van der Waals surface area contributed by atoms with E-state index in [2.05, 4.69) is 18.3 Å². The van der Waals surface area contributed by atoms with Gasteiger partial charge in [0.15, 0.2) is 5.03 Å². The summed E-state index contributed by atoms with van der Waals surface area (Å²) in [6.45, 7) is 11.7. The molecule has 36 heavy (non-hydrogen) atoms. The number of para-hydroxylation sites is 1. The third-order valence-corrected chi connectivity index (χ3v) is 7.38. The molecule has 0 radical (unpaired) electrons. The Kier molecular flexibility index (Phi) is 9.09. The maximum absolute atomic E-state index is 13.8. The van der Waals surface area contributed by atoms with Gasteiger partial charge in [0.05, 0.1) is 11.4 Å². The van der Waals surface area contributed by atoms with Crippen LogP contribution in [0.1, 0.15) is 13.8 Å². The number of fused-ring (bicyclic) bond motifs is 2. The fourth-order valence-electron chi connectivity index (χ4n) is 3.63. The molecular formula is C28H30ClN3O3S. The van der Waals surface area contributed by atoms with E-state index >= 15 is 0 Å². The summed E-state index contributed by atoms with van der Waals surface area (Å²) in [5, 5.41) is 7.17. The van der Waals surface area contributed by atoms with Crippen LogP contribution in [0.2, 0.25) is 0 Å². The monoisotopic (exact) mass is 523 g/mol. The predicted molar refractivity (Wildman–Crippen MR) is 148 cm³/mol. The van der Waals surface area contributed by atoms with Crippen molar-refractivity contribution in [2.24, 2.45) is 5.73 Å². The maximum atomic E-state index is 13.8. The quantitative estimate of drug-likeness (QED) is 0.218. The van der Waals surface area contributed by atoms with Gasteiger partial charge in [-0.3, -0.25) is 4.68 Å². The van der Waals surface area contributed by atoms with Gasteiger partial charge in [-0.15, -0.1) is 0 Å². The fourth-order valence-corrected chi connectivity index (χ4v) is 5.24. The average Bonchev–Trinajstić information content (AvgIpc) is 3.27. The highest BCUT2D eigenvalue weighted by Crippen LogP contribution is 2.35. The van der Waals surface area contributed by atoms with Gasteiger partial charge in [0.2, 0.25) is 9.84 Å². The molecular weight excluding hydrogens is 494 g/mol. The number of sulfone groups is 1. The summed E-state index contributed by atoms with van der Waals surface area (Å²) in [6, 6.07) is 18.1. The zero-order valence-electron chi connectivity index (χ0n) is 20.4. The maximum Gasteiger partial charge on any atom is 0.226 e. The van der Waals surface area contributed by atoms with Crippen molar-refractivity contribution in [2.75, 3.05) is 13.2 Å². The number of hydrogen-bond acceptors (Lipinski definition) is 5. The minimum absolute atomic E-state index is 0.0287. The van der Waals surface area contributed by atoms with Crippen LogP contribution in [0.25, 0.3) is 21.7 Å². The molecule has 0 unspecified atom stereocenters. The van der Waals surface area contributed by atoms with Crippen LogP contribution in [0.4, 0.5) is 0 Å². The van der Waals surface area contributed by atoms with Crippen LogP contribution in [0, 0.1) is 0 Å². The summed E-state index contributed by atoms with van der Waals surface area (Å²) in [5.41, 5.74) is 7.32. The number of nitrogens with zero attached hydrogens (tertiary/aromatic N) is 2. The van der Waals surface area contributed by atoms with Gasteiger partial charge in [0, 0.05) is 22.3 Å². The molecule has 0 saturated heterocycles. The van der Waals surface area contributed by atoms with Crippen molar-refractivity contribution in [2.45, 2.75) is 30.3 Å². The minimum atomic E-state index is -3.88. The van der Waals surface area contributed by atoms with Gasteiger partial charge in [-0.1, -0.05) is 84.9 Å². The molecule has 0 saturated carbocycles. The zero-order valence-corrected chi connectivity index (χ0v) is 22.0. The number of allylic oxidation sites excluding steroid dienone is 4. The van der Waals surface area contributed by atoms with Gasteiger partial charge in [-0.05, 0) is 37.4 Å². The van der Waals surface area contributed by atoms with E-state index in [0.717, 1.165) is 11.0 Å². The van der Waals surface area contributed by atoms with Gasteiger partial charge in [-0.25, -0.2) is 8.42 Å². The molecule has 8 heteroatoms. The van der Waals surface area contributed by atoms with E-state index in [9.17, 15) is 8.42 Å². The second-order valence-corrected chi connectivity index (χ2v) is 10.3. The molecule has 1 aromatic heterocycles. The van der Waals surface area contributed by atoms with Crippen molar-refractivity contribution in [1.29, 1.82) is 0 Å². The van der Waals surface area contributed by atoms with Crippen molar-refractivity contribution >= 4 is 43.1 Å². The van der Waals surface area contributed by atoms with E-state index in [-0.39, 0.29) is 9.92 Å². The second-order valence-electron chi connectivity index (χ2n) is 8.02. The Bertz CT molecular complexity index is 1530. The topological polar surface area (TPSA) is 87.2 Å². The highest BCUT2D eigenvalue weighted by atomic mass is 35.5. The molecule has 1 heterocycles. The molecule has 0 fully saturated rings. The Balaban J connectivity index is 0.000000658. The van der Waals surface area contributed by atoms with E-state index in [0.29, 0.717) is 46.8 Å². The summed E-state index contributed by atoms with van der Waals surface area (Å²) < 4.78 is 35.1. The summed E-state index contributed by atoms with van der Waals surface area (Å²) in [7, 11) is -3.88. The van der Waals surface area contributed by atoms with Gasteiger partial charge in [-0.2, -0.15) is 5.10 Å². The molecule has 0 spiro atoms. The van der Waals surface area contributed by atoms with Crippen LogP contribution in [0.3, 0.4) is 0 Å². The summed E-state index contributed by atoms with van der Waals surface area (Å²) in [6.07, 6.45) is 3.47. The van der Waals surface area contributed by atoms with E-state index in [1.54, 1.807) is 28.9 Å². The van der Waals surface area contributed by atoms with Crippen LogP contribution in [0.5, 0.6) is 5.75 Å². The van der Waals surface area contributed by atoms with Crippen LogP contribution < -0.4 is 10.5 Å². The average molecular weight is 524 g/mol. The van der Waals surface area contributed by atoms with Crippen molar-refractivity contribution in [1.82, 2.24) is 9.78 Å². The SMILES string of the molecule is C/C=C(\C)Cn1nc(S(=O)(=O)c2cccc3ccccc23)c2cccc(OCCN)c21.C=CC(=C)Cl. The number of benzene rings is 3. The lowest BCUT2D eigenvalue weighted by molar-refractivity contribution is 0.330. The standard InChI is InChI=1S/C24H25N3O3S.C4H5Cl/c1-3-17(2)16-27-23-20(11-7-12-21(23)30-15-14-25)24(26-27)31(28,29)22-13-6-9-18-8-4-5-10-19(18)22;1-3-4(2)5/h3-13H,14-16,25H2,1-2H3;3H,1-2H2/b17-3+;. The summed E-state index contributed by atoms with van der Waals surface area (Å²) in [5.74, 6) is 0.568. The Morgan fingerprint density at radius 1 is 1.11 bits per heavy atom. The largest absolute Gasteiger partial charge is 0.490 e. The Morgan fingerprint density at radius 3 is 2.42 bits per heavy atom. The number of halogens is 1. The number of aromatic nitrogens is 2. The Hall–Kier alpha value is -3.39. The molecule has 0 bridgehead atoms. The lowest BCUT2D eigenvalue weighted by atomic mass is 10.1. The summed E-state index contributed by atoms with van der Waals surface area (Å²) >= 11 is 5.15. The molecule has 0 amide bonds. The minimum Gasteiger partial charge on any atom is -0.490 e. The number of ether oxygens (including phenoxy) is 1. The molecule has 0 atom stereocenters.